The molecule has 0 spiro atoms. The summed E-state index contributed by atoms with van der Waals surface area (Å²) in [5.41, 5.74) is 10.5. The highest BCUT2D eigenvalue weighted by atomic mass is 35.5. The molecule has 0 saturated carbocycles. The molecule has 11 heteroatoms. The van der Waals surface area contributed by atoms with Crippen LogP contribution in [-0.2, 0) is 6.54 Å². The third kappa shape index (κ3) is 5.23. The zero-order valence-electron chi connectivity index (χ0n) is 21.0. The van der Waals surface area contributed by atoms with Crippen molar-refractivity contribution in [2.45, 2.75) is 25.4 Å². The van der Waals surface area contributed by atoms with E-state index in [1.807, 2.05) is 28.8 Å². The Kier molecular flexibility index (Phi) is 6.75. The molecule has 0 unspecified atom stereocenters. The lowest BCUT2D eigenvalue weighted by Crippen LogP contribution is -2.38. The molecule has 0 radical (unpaired) electrons. The van der Waals surface area contributed by atoms with Crippen LogP contribution < -0.4 is 11.1 Å². The molecule has 194 valence electrons. The number of aromatic nitrogens is 6. The predicted octanol–water partition coefficient (Wildman–Crippen LogP) is 4.46. The maximum atomic E-state index is 9.02. The Morgan fingerprint density at radius 3 is 2.56 bits per heavy atom. The largest absolute Gasteiger partial charge is 0.383 e. The molecule has 1 aliphatic heterocycles. The van der Waals surface area contributed by atoms with Gasteiger partial charge in [0.2, 0.25) is 5.82 Å². The lowest BCUT2D eigenvalue weighted by atomic mass is 10.0. The fraction of sp³-hybridized carbons (Fsp3) is 0.214. The first-order valence-corrected chi connectivity index (χ1v) is 13.0. The van der Waals surface area contributed by atoms with E-state index in [0.29, 0.717) is 34.3 Å². The van der Waals surface area contributed by atoms with Gasteiger partial charge in [0.15, 0.2) is 11.5 Å². The van der Waals surface area contributed by atoms with Gasteiger partial charge in [-0.2, -0.15) is 5.26 Å². The van der Waals surface area contributed by atoms with Crippen molar-refractivity contribution >= 4 is 34.4 Å². The number of nitrogens with zero attached hydrogens (tertiary/aromatic N) is 8. The number of imidazole rings is 1. The average molecular weight is 537 g/mol. The highest BCUT2D eigenvalue weighted by molar-refractivity contribution is 6.29. The number of halogens is 1. The highest BCUT2D eigenvalue weighted by Crippen LogP contribution is 2.31. The van der Waals surface area contributed by atoms with Gasteiger partial charge < -0.3 is 11.1 Å². The zero-order valence-corrected chi connectivity index (χ0v) is 21.8. The second-order valence-electron chi connectivity index (χ2n) is 9.42. The van der Waals surface area contributed by atoms with Gasteiger partial charge in [-0.15, -0.1) is 0 Å². The number of pyridine rings is 2. The van der Waals surface area contributed by atoms with Gasteiger partial charge in [-0.25, -0.2) is 24.9 Å². The van der Waals surface area contributed by atoms with E-state index < -0.39 is 0 Å². The van der Waals surface area contributed by atoms with Crippen molar-refractivity contribution in [1.82, 2.24) is 34.4 Å². The number of nitriles is 1. The number of nitrogens with one attached hydrogen (secondary N) is 1. The molecule has 0 atom stereocenters. The van der Waals surface area contributed by atoms with Gasteiger partial charge in [-0.1, -0.05) is 23.7 Å². The van der Waals surface area contributed by atoms with E-state index in [-0.39, 0.29) is 5.82 Å². The van der Waals surface area contributed by atoms with Gasteiger partial charge in [0.1, 0.15) is 28.4 Å². The molecule has 6 rings (SSSR count). The monoisotopic (exact) mass is 536 g/mol. The fourth-order valence-electron chi connectivity index (χ4n) is 4.91. The number of hydrogen-bond acceptors (Lipinski definition) is 9. The quantitative estimate of drug-likeness (QED) is 0.301. The topological polar surface area (TPSA) is 134 Å². The normalized spacial score (nSPS) is 14.4. The van der Waals surface area contributed by atoms with E-state index in [4.69, 9.17) is 27.6 Å². The van der Waals surface area contributed by atoms with Crippen molar-refractivity contribution < 1.29 is 0 Å². The van der Waals surface area contributed by atoms with Crippen LogP contribution in [0.5, 0.6) is 0 Å². The van der Waals surface area contributed by atoms with Gasteiger partial charge in [0, 0.05) is 43.8 Å². The van der Waals surface area contributed by atoms with Crippen molar-refractivity contribution in [3.05, 3.63) is 83.5 Å². The van der Waals surface area contributed by atoms with Crippen LogP contribution in [0.25, 0.3) is 28.2 Å². The molecule has 1 aliphatic rings. The highest BCUT2D eigenvalue weighted by Gasteiger charge is 2.21. The molecular weight excluding hydrogens is 512 g/mol. The Hall–Kier alpha value is -4.59. The van der Waals surface area contributed by atoms with Gasteiger partial charge in [-0.05, 0) is 60.9 Å². The van der Waals surface area contributed by atoms with Crippen molar-refractivity contribution in [2.75, 3.05) is 24.1 Å². The standard InChI is InChI=1S/C28H25ClN10/c29-23-8-7-22-28(36-23)39(27(35-22)21-2-1-12-33-26(21)31)20-5-3-18(4-6-20)17-38-14-10-19(11-15-38)34-24-9-13-32-25(16-30)37-24/h1-9,12-13,19H,10-11,14-15,17H2,(H2,31,33)(H,32,34,37). The van der Waals surface area contributed by atoms with Crippen LogP contribution in [0.2, 0.25) is 5.15 Å². The maximum absolute atomic E-state index is 9.02. The van der Waals surface area contributed by atoms with Crippen molar-refractivity contribution in [3.63, 3.8) is 0 Å². The van der Waals surface area contributed by atoms with Crippen molar-refractivity contribution in [2.24, 2.45) is 0 Å². The summed E-state index contributed by atoms with van der Waals surface area (Å²) in [4.78, 5) is 24.2. The summed E-state index contributed by atoms with van der Waals surface area (Å²) in [5.74, 6) is 1.95. The molecule has 10 nitrogen and oxygen atoms in total. The number of fused-ring (bicyclic) bond motifs is 1. The van der Waals surface area contributed by atoms with E-state index in [0.717, 1.165) is 49.2 Å². The van der Waals surface area contributed by atoms with Crippen molar-refractivity contribution in [1.29, 1.82) is 5.26 Å². The van der Waals surface area contributed by atoms with Crippen LogP contribution in [0.15, 0.2) is 67.0 Å². The first-order chi connectivity index (χ1) is 19.1. The number of nitrogens with two attached hydrogens (primary N) is 1. The average Bonchev–Trinajstić information content (AvgIpc) is 3.33. The second-order valence-corrected chi connectivity index (χ2v) is 9.81. The minimum absolute atomic E-state index is 0.180. The number of likely N-dealkylation sites (tertiary alicyclic amines) is 1. The number of rotatable bonds is 6. The maximum Gasteiger partial charge on any atom is 0.234 e. The van der Waals surface area contributed by atoms with Gasteiger partial charge in [0.25, 0.3) is 0 Å². The molecule has 39 heavy (non-hydrogen) atoms. The van der Waals surface area contributed by atoms with Crippen LogP contribution in [0.4, 0.5) is 11.6 Å². The summed E-state index contributed by atoms with van der Waals surface area (Å²) in [6.45, 7) is 2.79. The summed E-state index contributed by atoms with van der Waals surface area (Å²) in [6.07, 6.45) is 5.26. The summed E-state index contributed by atoms with van der Waals surface area (Å²) >= 11 is 6.25. The number of benzene rings is 1. The first-order valence-electron chi connectivity index (χ1n) is 12.6. The molecular formula is C28H25ClN10. The molecule has 0 aliphatic carbocycles. The second kappa shape index (κ2) is 10.6. The Morgan fingerprint density at radius 2 is 1.79 bits per heavy atom. The fourth-order valence-corrected chi connectivity index (χ4v) is 5.06. The molecule has 1 aromatic carbocycles. The molecule has 3 N–H and O–H groups in total. The number of anilines is 2. The molecule has 5 aromatic rings. The van der Waals surface area contributed by atoms with Gasteiger partial charge in [0.05, 0.1) is 5.56 Å². The smallest absolute Gasteiger partial charge is 0.234 e. The van der Waals surface area contributed by atoms with E-state index in [1.165, 1.54) is 5.56 Å². The van der Waals surface area contributed by atoms with E-state index in [2.05, 4.69) is 54.4 Å². The molecule has 4 aromatic heterocycles. The van der Waals surface area contributed by atoms with Gasteiger partial charge in [-0.3, -0.25) is 9.47 Å². The number of nitrogen functional groups attached to an aromatic ring is 1. The van der Waals surface area contributed by atoms with E-state index in [9.17, 15) is 0 Å². The Bertz CT molecular complexity index is 1670. The van der Waals surface area contributed by atoms with Crippen LogP contribution in [-0.4, -0.2) is 53.5 Å². The lowest BCUT2D eigenvalue weighted by Gasteiger charge is -2.32. The Balaban J connectivity index is 1.18. The number of hydrogen-bond donors (Lipinski definition) is 2. The number of piperidine rings is 1. The summed E-state index contributed by atoms with van der Waals surface area (Å²) < 4.78 is 1.97. The molecule has 1 fully saturated rings. The van der Waals surface area contributed by atoms with E-state index >= 15 is 0 Å². The first kappa shape index (κ1) is 24.7. The summed E-state index contributed by atoms with van der Waals surface area (Å²) in [5, 5.41) is 12.9. The third-order valence-corrected chi connectivity index (χ3v) is 7.06. The van der Waals surface area contributed by atoms with Crippen LogP contribution in [0.1, 0.15) is 24.2 Å². The van der Waals surface area contributed by atoms with Crippen LogP contribution in [0, 0.1) is 11.3 Å². The summed E-state index contributed by atoms with van der Waals surface area (Å²) in [6, 6.07) is 19.9. The molecule has 0 amide bonds. The molecule has 5 heterocycles. The Morgan fingerprint density at radius 1 is 0.974 bits per heavy atom. The van der Waals surface area contributed by atoms with Crippen LogP contribution in [0.3, 0.4) is 0 Å². The SMILES string of the molecule is N#Cc1nccc(NC2CCN(Cc3ccc(-n4c(-c5cccnc5N)nc5ccc(Cl)nc54)cc3)CC2)n1. The Labute approximate surface area is 230 Å². The van der Waals surface area contributed by atoms with Crippen LogP contribution >= 0.6 is 11.6 Å². The third-order valence-electron chi connectivity index (χ3n) is 6.85. The minimum atomic E-state index is 0.180. The lowest BCUT2D eigenvalue weighted by molar-refractivity contribution is 0.211. The van der Waals surface area contributed by atoms with E-state index in [1.54, 1.807) is 24.5 Å². The summed E-state index contributed by atoms with van der Waals surface area (Å²) in [7, 11) is 0. The molecule has 0 bridgehead atoms. The predicted molar refractivity (Wildman–Crippen MR) is 150 cm³/mol. The molecule has 1 saturated heterocycles. The minimum Gasteiger partial charge on any atom is -0.383 e. The zero-order chi connectivity index (χ0) is 26.8. The van der Waals surface area contributed by atoms with Crippen molar-refractivity contribution in [3.8, 4) is 23.1 Å². The van der Waals surface area contributed by atoms with Gasteiger partial charge >= 0.3 is 0 Å².